The molecule has 0 amide bonds. The lowest BCUT2D eigenvalue weighted by Crippen LogP contribution is -2.41. The molecular formula is C26H40O5. The molecule has 5 nitrogen and oxygen atoms in total. The summed E-state index contributed by atoms with van der Waals surface area (Å²) in [6.45, 7) is 0. The Morgan fingerprint density at radius 2 is 2.00 bits per heavy atom. The average molecular weight is 433 g/mol. The van der Waals surface area contributed by atoms with Crippen LogP contribution in [0.3, 0.4) is 0 Å². The first kappa shape index (κ1) is 24.2. The van der Waals surface area contributed by atoms with Crippen molar-refractivity contribution in [3.05, 3.63) is 24.3 Å². The standard InChI is InChI=1S/C26H40O5/c1-30-23-17-22(27)20(9-5-3-4-6-12-25(29)31-2)21(23)10-7-11-24(28)26(15-8-16-26)18-19-13-14-19/h3,5,7,10,19-21,23-24,28H,4,6,8-9,11-18H2,1-2H3/b5-3-,10-7+/t20-,21-,23-,24?/m1/s1. The van der Waals surface area contributed by atoms with Gasteiger partial charge in [-0.3, -0.25) is 9.59 Å². The van der Waals surface area contributed by atoms with Crippen LogP contribution in [0.2, 0.25) is 0 Å². The molecular weight excluding hydrogens is 392 g/mol. The number of carbonyl (C=O) groups is 2. The number of Topliss-reactive ketones (excluding diaryl/α,β-unsaturated/α-hetero) is 1. The Kier molecular flexibility index (Phi) is 8.91. The molecule has 0 aromatic rings. The summed E-state index contributed by atoms with van der Waals surface area (Å²) in [5.41, 5.74) is 0.143. The van der Waals surface area contributed by atoms with Crippen molar-refractivity contribution in [3.63, 3.8) is 0 Å². The fourth-order valence-electron chi connectivity index (χ4n) is 5.39. The van der Waals surface area contributed by atoms with E-state index < -0.39 is 0 Å². The highest BCUT2D eigenvalue weighted by Gasteiger charge is 2.46. The highest BCUT2D eigenvalue weighted by Crippen LogP contribution is 2.53. The lowest BCUT2D eigenvalue weighted by molar-refractivity contribution is -0.140. The number of ketones is 1. The molecule has 0 saturated heterocycles. The molecule has 174 valence electrons. The third kappa shape index (κ3) is 6.52. The zero-order valence-electron chi connectivity index (χ0n) is 19.3. The normalized spacial score (nSPS) is 28.9. The number of esters is 1. The monoisotopic (exact) mass is 432 g/mol. The highest BCUT2D eigenvalue weighted by molar-refractivity contribution is 5.84. The number of ether oxygens (including phenoxy) is 2. The van der Waals surface area contributed by atoms with Crippen LogP contribution < -0.4 is 0 Å². The largest absolute Gasteiger partial charge is 0.469 e. The van der Waals surface area contributed by atoms with Crippen molar-refractivity contribution in [2.24, 2.45) is 23.2 Å². The van der Waals surface area contributed by atoms with E-state index in [1.165, 1.54) is 32.8 Å². The minimum Gasteiger partial charge on any atom is -0.469 e. The summed E-state index contributed by atoms with van der Waals surface area (Å²) < 4.78 is 10.3. The first-order valence-corrected chi connectivity index (χ1v) is 12.1. The number of unbranched alkanes of at least 4 members (excludes halogenated alkanes) is 1. The summed E-state index contributed by atoms with van der Waals surface area (Å²) in [7, 11) is 3.08. The van der Waals surface area contributed by atoms with Crippen molar-refractivity contribution in [3.8, 4) is 0 Å². The van der Waals surface area contributed by atoms with E-state index in [1.807, 2.05) is 0 Å². The average Bonchev–Trinajstić information content (AvgIpc) is 3.50. The molecule has 31 heavy (non-hydrogen) atoms. The lowest BCUT2D eigenvalue weighted by atomic mass is 9.61. The number of hydrogen-bond donors (Lipinski definition) is 1. The van der Waals surface area contributed by atoms with Crippen molar-refractivity contribution >= 4 is 11.8 Å². The molecule has 3 fully saturated rings. The third-order valence-corrected chi connectivity index (χ3v) is 7.71. The molecule has 0 aliphatic heterocycles. The van der Waals surface area contributed by atoms with Crippen molar-refractivity contribution in [1.29, 1.82) is 0 Å². The molecule has 3 aliphatic carbocycles. The van der Waals surface area contributed by atoms with Crippen LogP contribution in [0.1, 0.15) is 77.0 Å². The third-order valence-electron chi connectivity index (χ3n) is 7.71. The lowest BCUT2D eigenvalue weighted by Gasteiger charge is -2.46. The quantitative estimate of drug-likeness (QED) is 0.258. The Morgan fingerprint density at radius 1 is 1.23 bits per heavy atom. The molecule has 3 rings (SSSR count). The highest BCUT2D eigenvalue weighted by atomic mass is 16.5. The Balaban J connectivity index is 1.50. The minimum absolute atomic E-state index is 0.0604. The topological polar surface area (TPSA) is 72.8 Å². The number of aliphatic hydroxyl groups excluding tert-OH is 1. The molecule has 3 saturated carbocycles. The molecule has 3 aliphatic rings. The maximum Gasteiger partial charge on any atom is 0.305 e. The molecule has 1 N–H and O–H groups in total. The SMILES string of the molecule is COC(=O)CCC/C=C\C[C@H]1C(=O)C[C@@H](OC)[C@@H]1/C=C/CC(O)C1(CC2CC2)CCC1. The molecule has 0 spiro atoms. The van der Waals surface area contributed by atoms with Crippen LogP contribution in [0.15, 0.2) is 24.3 Å². The Labute approximate surface area is 187 Å². The van der Waals surface area contributed by atoms with E-state index in [9.17, 15) is 14.7 Å². The molecule has 0 bridgehead atoms. The van der Waals surface area contributed by atoms with E-state index in [4.69, 9.17) is 4.74 Å². The molecule has 5 heteroatoms. The van der Waals surface area contributed by atoms with E-state index in [-0.39, 0.29) is 41.2 Å². The summed E-state index contributed by atoms with van der Waals surface area (Å²) >= 11 is 0. The van der Waals surface area contributed by atoms with Gasteiger partial charge >= 0.3 is 5.97 Å². The van der Waals surface area contributed by atoms with Gasteiger partial charge in [0.1, 0.15) is 5.78 Å². The van der Waals surface area contributed by atoms with E-state index >= 15 is 0 Å². The molecule has 0 aromatic heterocycles. The van der Waals surface area contributed by atoms with E-state index in [1.54, 1.807) is 7.11 Å². The van der Waals surface area contributed by atoms with Gasteiger partial charge in [0.05, 0.1) is 19.3 Å². The second-order valence-electron chi connectivity index (χ2n) is 9.85. The molecule has 0 heterocycles. The van der Waals surface area contributed by atoms with Gasteiger partial charge in [0.25, 0.3) is 0 Å². The van der Waals surface area contributed by atoms with Crippen molar-refractivity contribution < 1.29 is 24.2 Å². The van der Waals surface area contributed by atoms with Crippen molar-refractivity contribution in [2.45, 2.75) is 89.3 Å². The van der Waals surface area contributed by atoms with Crippen LogP contribution in [-0.4, -0.2) is 43.3 Å². The van der Waals surface area contributed by atoms with E-state index in [0.717, 1.165) is 31.6 Å². The van der Waals surface area contributed by atoms with Crippen molar-refractivity contribution in [1.82, 2.24) is 0 Å². The van der Waals surface area contributed by atoms with Gasteiger partial charge in [-0.05, 0) is 56.3 Å². The minimum atomic E-state index is -0.274. The fourth-order valence-corrected chi connectivity index (χ4v) is 5.39. The second kappa shape index (κ2) is 11.4. The zero-order valence-corrected chi connectivity index (χ0v) is 19.3. The predicted molar refractivity (Wildman–Crippen MR) is 120 cm³/mol. The summed E-state index contributed by atoms with van der Waals surface area (Å²) in [5, 5.41) is 10.9. The maximum absolute atomic E-state index is 12.6. The molecule has 4 atom stereocenters. The second-order valence-corrected chi connectivity index (χ2v) is 9.85. The van der Waals surface area contributed by atoms with Gasteiger partial charge in [-0.25, -0.2) is 0 Å². The van der Waals surface area contributed by atoms with Gasteiger partial charge < -0.3 is 14.6 Å². The van der Waals surface area contributed by atoms with Gasteiger partial charge in [0.2, 0.25) is 0 Å². The van der Waals surface area contributed by atoms with Crippen LogP contribution in [0.4, 0.5) is 0 Å². The van der Waals surface area contributed by atoms with Gasteiger partial charge in [-0.1, -0.05) is 43.6 Å². The summed E-state index contributed by atoms with van der Waals surface area (Å²) in [4.78, 5) is 23.8. The summed E-state index contributed by atoms with van der Waals surface area (Å²) in [5.74, 6) is 0.901. The Morgan fingerprint density at radius 3 is 2.61 bits per heavy atom. The molecule has 0 aromatic carbocycles. The van der Waals surface area contributed by atoms with Gasteiger partial charge in [-0.15, -0.1) is 0 Å². The van der Waals surface area contributed by atoms with E-state index in [0.29, 0.717) is 25.7 Å². The summed E-state index contributed by atoms with van der Waals surface area (Å²) in [6, 6.07) is 0. The van der Waals surface area contributed by atoms with Gasteiger partial charge in [0.15, 0.2) is 0 Å². The van der Waals surface area contributed by atoms with Crippen LogP contribution in [-0.2, 0) is 19.1 Å². The number of rotatable bonds is 13. The Hall–Kier alpha value is -1.46. The number of methoxy groups -OCH3 is 2. The first-order chi connectivity index (χ1) is 15.0. The van der Waals surface area contributed by atoms with Crippen LogP contribution in [0, 0.1) is 23.2 Å². The summed E-state index contributed by atoms with van der Waals surface area (Å²) in [6.07, 6.45) is 19.2. The maximum atomic E-state index is 12.6. The smallest absolute Gasteiger partial charge is 0.305 e. The molecule has 1 unspecified atom stereocenters. The molecule has 0 radical (unpaired) electrons. The fraction of sp³-hybridized carbons (Fsp3) is 0.769. The van der Waals surface area contributed by atoms with Crippen molar-refractivity contribution in [2.75, 3.05) is 14.2 Å². The van der Waals surface area contributed by atoms with Gasteiger partial charge in [-0.2, -0.15) is 0 Å². The Bertz CT molecular complexity index is 659. The van der Waals surface area contributed by atoms with Gasteiger partial charge in [0, 0.05) is 31.8 Å². The predicted octanol–water partition coefficient (Wildman–Crippen LogP) is 4.77. The van der Waals surface area contributed by atoms with E-state index in [2.05, 4.69) is 29.0 Å². The number of aliphatic hydroxyl groups is 1. The number of carbonyl (C=O) groups excluding carboxylic acids is 2. The van der Waals surface area contributed by atoms with Crippen LogP contribution in [0.5, 0.6) is 0 Å². The zero-order chi connectivity index (χ0) is 22.3. The number of allylic oxidation sites excluding steroid dienone is 2. The van der Waals surface area contributed by atoms with Crippen LogP contribution >= 0.6 is 0 Å². The van der Waals surface area contributed by atoms with Crippen LogP contribution in [0.25, 0.3) is 0 Å². The first-order valence-electron chi connectivity index (χ1n) is 12.1. The number of hydrogen-bond acceptors (Lipinski definition) is 5.